The molecule has 0 atom stereocenters. The van der Waals surface area contributed by atoms with Gasteiger partial charge in [0.1, 0.15) is 5.75 Å². The first kappa shape index (κ1) is 15.7. The fraction of sp³-hybridized carbons (Fsp3) is 0.105. The highest BCUT2D eigenvalue weighted by molar-refractivity contribution is 5.96. The van der Waals surface area contributed by atoms with Crippen LogP contribution in [-0.2, 0) is 6.54 Å². The van der Waals surface area contributed by atoms with Crippen LogP contribution in [0.2, 0.25) is 0 Å². The Morgan fingerprint density at radius 2 is 1.83 bits per heavy atom. The minimum absolute atomic E-state index is 0.183. The van der Waals surface area contributed by atoms with E-state index < -0.39 is 0 Å². The molecule has 5 heteroatoms. The van der Waals surface area contributed by atoms with Gasteiger partial charge in [0.2, 0.25) is 0 Å². The van der Waals surface area contributed by atoms with E-state index >= 15 is 0 Å². The Morgan fingerprint density at radius 1 is 1.04 bits per heavy atom. The molecule has 0 aliphatic rings. The van der Waals surface area contributed by atoms with Crippen LogP contribution in [-0.4, -0.2) is 23.0 Å². The van der Waals surface area contributed by atoms with E-state index in [2.05, 4.69) is 15.3 Å². The highest BCUT2D eigenvalue weighted by Crippen LogP contribution is 2.21. The average Bonchev–Trinajstić information content (AvgIpc) is 2.67. The minimum Gasteiger partial charge on any atom is -0.496 e. The quantitative estimate of drug-likeness (QED) is 0.785. The smallest absolute Gasteiger partial charge is 0.255 e. The normalized spacial score (nSPS) is 10.2. The fourth-order valence-corrected chi connectivity index (χ4v) is 2.45. The van der Waals surface area contributed by atoms with Crippen molar-refractivity contribution >= 4 is 5.91 Å². The molecule has 0 bridgehead atoms. The van der Waals surface area contributed by atoms with Gasteiger partial charge in [-0.05, 0) is 35.9 Å². The zero-order valence-corrected chi connectivity index (χ0v) is 13.3. The van der Waals surface area contributed by atoms with Crippen LogP contribution in [0.25, 0.3) is 11.3 Å². The van der Waals surface area contributed by atoms with Gasteiger partial charge in [-0.15, -0.1) is 0 Å². The molecule has 1 amide bonds. The van der Waals surface area contributed by atoms with Gasteiger partial charge in [0.15, 0.2) is 0 Å². The number of ether oxygens (including phenoxy) is 1. The zero-order valence-electron chi connectivity index (χ0n) is 13.3. The lowest BCUT2D eigenvalue weighted by molar-refractivity contribution is 0.0948. The van der Waals surface area contributed by atoms with Crippen molar-refractivity contribution in [2.75, 3.05) is 7.11 Å². The summed E-state index contributed by atoms with van der Waals surface area (Å²) in [5.74, 6) is 0.368. The van der Waals surface area contributed by atoms with Gasteiger partial charge in [0.05, 0.1) is 18.4 Å². The maximum Gasteiger partial charge on any atom is 0.255 e. The van der Waals surface area contributed by atoms with Gasteiger partial charge in [-0.25, -0.2) is 0 Å². The summed E-state index contributed by atoms with van der Waals surface area (Å²) in [7, 11) is 1.55. The Balaban J connectivity index is 1.79. The summed E-state index contributed by atoms with van der Waals surface area (Å²) in [5.41, 5.74) is 3.24. The molecule has 0 spiro atoms. The van der Waals surface area contributed by atoms with Gasteiger partial charge >= 0.3 is 0 Å². The summed E-state index contributed by atoms with van der Waals surface area (Å²) in [6, 6.07) is 14.7. The lowest BCUT2D eigenvalue weighted by Gasteiger charge is -2.11. The van der Waals surface area contributed by atoms with E-state index in [0.717, 1.165) is 16.8 Å². The molecule has 1 N–H and O–H groups in total. The molecule has 0 aliphatic heterocycles. The molecular formula is C19H17N3O2. The number of nitrogens with zero attached hydrogens (tertiary/aromatic N) is 2. The topological polar surface area (TPSA) is 64.1 Å². The number of rotatable bonds is 5. The second-order valence-electron chi connectivity index (χ2n) is 5.13. The number of methoxy groups -OCH3 is 1. The summed E-state index contributed by atoms with van der Waals surface area (Å²) in [6.45, 7) is 0.377. The summed E-state index contributed by atoms with van der Waals surface area (Å²) in [6.07, 6.45) is 5.18. The molecule has 24 heavy (non-hydrogen) atoms. The van der Waals surface area contributed by atoms with Crippen molar-refractivity contribution in [2.45, 2.75) is 6.54 Å². The predicted octanol–water partition coefficient (Wildman–Crippen LogP) is 3.08. The first-order valence-electron chi connectivity index (χ1n) is 7.55. The molecule has 0 saturated carbocycles. The third kappa shape index (κ3) is 3.41. The van der Waals surface area contributed by atoms with E-state index in [0.29, 0.717) is 17.9 Å². The lowest BCUT2D eigenvalue weighted by atomic mass is 10.1. The Kier molecular flexibility index (Phi) is 4.81. The van der Waals surface area contributed by atoms with E-state index in [-0.39, 0.29) is 5.91 Å². The van der Waals surface area contributed by atoms with Crippen LogP contribution in [0.3, 0.4) is 0 Å². The van der Waals surface area contributed by atoms with E-state index in [4.69, 9.17) is 4.74 Å². The lowest BCUT2D eigenvalue weighted by Crippen LogP contribution is -2.23. The molecular weight excluding hydrogens is 302 g/mol. The molecule has 5 nitrogen and oxygen atoms in total. The molecule has 0 unspecified atom stereocenters. The van der Waals surface area contributed by atoms with Crippen molar-refractivity contribution in [1.82, 2.24) is 15.3 Å². The van der Waals surface area contributed by atoms with Gasteiger partial charge in [0.25, 0.3) is 5.91 Å². The van der Waals surface area contributed by atoms with E-state index in [1.807, 2.05) is 36.4 Å². The van der Waals surface area contributed by atoms with Crippen molar-refractivity contribution in [3.63, 3.8) is 0 Å². The van der Waals surface area contributed by atoms with Gasteiger partial charge < -0.3 is 10.1 Å². The molecule has 2 aromatic heterocycles. The first-order chi connectivity index (χ1) is 11.8. The highest BCUT2D eigenvalue weighted by Gasteiger charge is 2.12. The Morgan fingerprint density at radius 3 is 2.62 bits per heavy atom. The van der Waals surface area contributed by atoms with Crippen molar-refractivity contribution in [3.8, 4) is 17.0 Å². The number of nitrogens with one attached hydrogen (secondary N) is 1. The summed E-state index contributed by atoms with van der Waals surface area (Å²) < 4.78 is 5.23. The summed E-state index contributed by atoms with van der Waals surface area (Å²) >= 11 is 0. The van der Waals surface area contributed by atoms with E-state index in [9.17, 15) is 4.79 Å². The van der Waals surface area contributed by atoms with Crippen molar-refractivity contribution in [2.24, 2.45) is 0 Å². The fourth-order valence-electron chi connectivity index (χ4n) is 2.45. The first-order valence-corrected chi connectivity index (χ1v) is 7.55. The average molecular weight is 319 g/mol. The maximum absolute atomic E-state index is 12.4. The van der Waals surface area contributed by atoms with Crippen LogP contribution in [0.1, 0.15) is 15.9 Å². The SMILES string of the molecule is COc1ccccc1C(=O)NCc1cccnc1-c1ccncc1. The van der Waals surface area contributed by atoms with Crippen molar-refractivity contribution in [1.29, 1.82) is 0 Å². The Labute approximate surface area is 140 Å². The van der Waals surface area contributed by atoms with Crippen molar-refractivity contribution in [3.05, 3.63) is 78.2 Å². The molecule has 3 rings (SSSR count). The van der Waals surface area contributed by atoms with Gasteiger partial charge in [0, 0.05) is 30.7 Å². The van der Waals surface area contributed by atoms with Crippen LogP contribution in [0.5, 0.6) is 5.75 Å². The predicted molar refractivity (Wildman–Crippen MR) is 91.6 cm³/mol. The molecule has 0 saturated heterocycles. The number of aromatic nitrogens is 2. The molecule has 0 aliphatic carbocycles. The number of amides is 1. The Hall–Kier alpha value is -3.21. The number of carbonyl (C=O) groups excluding carboxylic acids is 1. The van der Waals surface area contributed by atoms with Crippen LogP contribution < -0.4 is 10.1 Å². The highest BCUT2D eigenvalue weighted by atomic mass is 16.5. The van der Waals surface area contributed by atoms with Gasteiger partial charge in [-0.3, -0.25) is 14.8 Å². The van der Waals surface area contributed by atoms with Crippen LogP contribution >= 0.6 is 0 Å². The van der Waals surface area contributed by atoms with Gasteiger partial charge in [-0.2, -0.15) is 0 Å². The monoisotopic (exact) mass is 319 g/mol. The van der Waals surface area contributed by atoms with Crippen LogP contribution in [0.4, 0.5) is 0 Å². The molecule has 3 aromatic rings. The second-order valence-corrected chi connectivity index (χ2v) is 5.13. The zero-order chi connectivity index (χ0) is 16.8. The maximum atomic E-state index is 12.4. The van der Waals surface area contributed by atoms with E-state index in [1.165, 1.54) is 0 Å². The second kappa shape index (κ2) is 7.37. The van der Waals surface area contributed by atoms with Crippen molar-refractivity contribution < 1.29 is 9.53 Å². The molecule has 120 valence electrons. The number of hydrogen-bond acceptors (Lipinski definition) is 4. The number of benzene rings is 1. The number of hydrogen-bond donors (Lipinski definition) is 1. The molecule has 0 radical (unpaired) electrons. The molecule has 1 aromatic carbocycles. The summed E-state index contributed by atoms with van der Waals surface area (Å²) in [5, 5.41) is 2.93. The molecule has 2 heterocycles. The number of carbonyl (C=O) groups is 1. The van der Waals surface area contributed by atoms with E-state index in [1.54, 1.807) is 37.8 Å². The molecule has 0 fully saturated rings. The Bertz CT molecular complexity index is 835. The van der Waals surface area contributed by atoms with Crippen LogP contribution in [0, 0.1) is 0 Å². The largest absolute Gasteiger partial charge is 0.496 e. The number of pyridine rings is 2. The third-order valence-corrected chi connectivity index (χ3v) is 3.64. The third-order valence-electron chi connectivity index (χ3n) is 3.64. The van der Waals surface area contributed by atoms with Crippen LogP contribution in [0.15, 0.2) is 67.1 Å². The van der Waals surface area contributed by atoms with Gasteiger partial charge in [-0.1, -0.05) is 18.2 Å². The number of para-hydroxylation sites is 1. The minimum atomic E-state index is -0.183. The standard InChI is InChI=1S/C19H17N3O2/c1-24-17-7-3-2-6-16(17)19(23)22-13-15-5-4-10-21-18(15)14-8-11-20-12-9-14/h2-12H,13H2,1H3,(H,22,23). The summed E-state index contributed by atoms with van der Waals surface area (Å²) in [4.78, 5) is 20.9.